The Balaban J connectivity index is 1.48. The summed E-state index contributed by atoms with van der Waals surface area (Å²) in [5.74, 6) is -0.383. The zero-order chi connectivity index (χ0) is 23.8. The van der Waals surface area contributed by atoms with E-state index in [0.29, 0.717) is 22.9 Å². The van der Waals surface area contributed by atoms with Crippen LogP contribution in [0, 0.1) is 0 Å². The number of rotatable bonds is 6. The summed E-state index contributed by atoms with van der Waals surface area (Å²) in [7, 11) is 1.66. The van der Waals surface area contributed by atoms with Crippen molar-refractivity contribution in [2.45, 2.75) is 30.3 Å². The lowest BCUT2D eigenvalue weighted by Crippen LogP contribution is -2.30. The van der Waals surface area contributed by atoms with Gasteiger partial charge in [0.15, 0.2) is 0 Å². The first-order chi connectivity index (χ1) is 15.6. The number of ether oxygens (including phenoxy) is 2. The van der Waals surface area contributed by atoms with Gasteiger partial charge in [0, 0.05) is 7.05 Å². The van der Waals surface area contributed by atoms with Gasteiger partial charge in [-0.1, -0.05) is 42.2 Å². The second kappa shape index (κ2) is 9.22. The predicted molar refractivity (Wildman–Crippen MR) is 120 cm³/mol. The maximum absolute atomic E-state index is 13.7. The summed E-state index contributed by atoms with van der Waals surface area (Å²) in [5.41, 5.74) is 0.340. The van der Waals surface area contributed by atoms with Crippen molar-refractivity contribution in [3.63, 3.8) is 0 Å². The molecule has 4 rings (SSSR count). The van der Waals surface area contributed by atoms with Crippen LogP contribution in [0.15, 0.2) is 42.5 Å². The number of cyclic esters (lactones) is 1. The van der Waals surface area contributed by atoms with Gasteiger partial charge in [-0.15, -0.1) is 0 Å². The van der Waals surface area contributed by atoms with E-state index < -0.39 is 17.0 Å². The average molecular weight is 497 g/mol. The van der Waals surface area contributed by atoms with Crippen molar-refractivity contribution in [3.8, 4) is 11.5 Å². The van der Waals surface area contributed by atoms with Crippen LogP contribution in [0.3, 0.4) is 0 Å². The molecule has 2 saturated heterocycles. The lowest BCUT2D eigenvalue weighted by Gasteiger charge is -2.17. The van der Waals surface area contributed by atoms with Crippen molar-refractivity contribution < 1.29 is 32.2 Å². The lowest BCUT2D eigenvalue weighted by atomic mass is 10.0. The Morgan fingerprint density at radius 3 is 2.42 bits per heavy atom. The number of hydrogen-bond donors (Lipinski definition) is 1. The van der Waals surface area contributed by atoms with Gasteiger partial charge in [0.05, 0.1) is 16.9 Å². The van der Waals surface area contributed by atoms with Crippen molar-refractivity contribution in [3.05, 3.63) is 59.2 Å². The van der Waals surface area contributed by atoms with Gasteiger partial charge >= 0.3 is 12.3 Å². The van der Waals surface area contributed by atoms with Gasteiger partial charge in [0.25, 0.3) is 0 Å². The van der Waals surface area contributed by atoms with E-state index >= 15 is 0 Å². The van der Waals surface area contributed by atoms with Crippen LogP contribution in [-0.2, 0) is 28.5 Å². The lowest BCUT2D eigenvalue weighted by molar-refractivity contribution is -0.138. The molecule has 0 saturated carbocycles. The highest BCUT2D eigenvalue weighted by Gasteiger charge is 2.36. The van der Waals surface area contributed by atoms with Gasteiger partial charge in [-0.3, -0.25) is 4.79 Å². The molecular formula is C22H19F3N2O4S2. The van der Waals surface area contributed by atoms with Crippen molar-refractivity contribution in [2.24, 2.45) is 0 Å². The van der Waals surface area contributed by atoms with Crippen LogP contribution >= 0.6 is 24.0 Å². The largest absolute Gasteiger partial charge is 0.457 e. The molecule has 2 aromatic carbocycles. The summed E-state index contributed by atoms with van der Waals surface area (Å²) in [6.07, 6.45) is -4.33. The molecule has 2 amide bonds. The molecule has 0 aromatic heterocycles. The number of nitrogens with zero attached hydrogens (tertiary/aromatic N) is 1. The Bertz CT molecular complexity index is 1090. The Labute approximate surface area is 197 Å². The van der Waals surface area contributed by atoms with Crippen molar-refractivity contribution in [1.82, 2.24) is 10.2 Å². The molecule has 33 heavy (non-hydrogen) atoms. The van der Waals surface area contributed by atoms with Crippen LogP contribution < -0.4 is 10.1 Å². The molecule has 2 aromatic rings. The Kier molecular flexibility index (Phi) is 6.53. The van der Waals surface area contributed by atoms with Gasteiger partial charge in [-0.25, -0.2) is 4.79 Å². The fourth-order valence-corrected chi connectivity index (χ4v) is 4.88. The standard InChI is InChI=1S/C22H19F3N2O4S2/c1-27-14(11-30-21(27)29)8-12-2-5-15(6-3-12)31-17-7-4-13(9-16(17)22(23,24)25)10-18-19(28)26-20(32)33-18/h2-7,9,14,18H,8,10-11H2,1H3,(H,26,28,32). The van der Waals surface area contributed by atoms with E-state index in [4.69, 9.17) is 21.7 Å². The molecule has 2 unspecified atom stereocenters. The summed E-state index contributed by atoms with van der Waals surface area (Å²) >= 11 is 6.07. The SMILES string of the molecule is CN1C(=O)OCC1Cc1ccc(Oc2ccc(CC3SC(=S)NC3=O)cc2C(F)(F)F)cc1. The van der Waals surface area contributed by atoms with Gasteiger partial charge in [-0.05, 0) is 48.2 Å². The highest BCUT2D eigenvalue weighted by molar-refractivity contribution is 8.24. The molecule has 0 aliphatic carbocycles. The summed E-state index contributed by atoms with van der Waals surface area (Å²) in [4.78, 5) is 24.8. The van der Waals surface area contributed by atoms with Crippen molar-refractivity contribution >= 4 is 40.3 Å². The Hall–Kier alpha value is -2.79. The van der Waals surface area contributed by atoms with Gasteiger partial charge in [0.2, 0.25) is 5.91 Å². The predicted octanol–water partition coefficient (Wildman–Crippen LogP) is 4.55. The maximum atomic E-state index is 13.7. The minimum Gasteiger partial charge on any atom is -0.457 e. The normalized spacial score (nSPS) is 20.7. The molecular weight excluding hydrogens is 477 g/mol. The number of nitrogens with one attached hydrogen (secondary N) is 1. The number of thioether (sulfide) groups is 1. The molecule has 2 atom stereocenters. The van der Waals surface area contributed by atoms with Gasteiger partial charge in [0.1, 0.15) is 22.4 Å². The molecule has 0 radical (unpaired) electrons. The second-order valence-corrected chi connectivity index (χ2v) is 9.59. The number of thiocarbonyl (C=S) groups is 1. The number of amides is 2. The molecule has 1 N–H and O–H groups in total. The molecule has 2 aliphatic heterocycles. The average Bonchev–Trinajstić information content (AvgIpc) is 3.24. The third-order valence-electron chi connectivity index (χ3n) is 5.39. The van der Waals surface area contributed by atoms with Crippen LogP contribution in [0.2, 0.25) is 0 Å². The van der Waals surface area contributed by atoms with Gasteiger partial charge in [-0.2, -0.15) is 13.2 Å². The van der Waals surface area contributed by atoms with E-state index in [2.05, 4.69) is 5.32 Å². The van der Waals surface area contributed by atoms with Crippen molar-refractivity contribution in [1.29, 1.82) is 0 Å². The van der Waals surface area contributed by atoms with E-state index in [1.807, 2.05) is 0 Å². The smallest absolute Gasteiger partial charge is 0.419 e. The minimum absolute atomic E-state index is 0.0943. The van der Waals surface area contributed by atoms with Crippen LogP contribution in [0.5, 0.6) is 11.5 Å². The van der Waals surface area contributed by atoms with Crippen LogP contribution in [-0.4, -0.2) is 46.2 Å². The van der Waals surface area contributed by atoms with Crippen molar-refractivity contribution in [2.75, 3.05) is 13.7 Å². The molecule has 2 aliphatic rings. The second-order valence-electron chi connectivity index (χ2n) is 7.71. The molecule has 174 valence electrons. The highest BCUT2D eigenvalue weighted by Crippen LogP contribution is 2.39. The van der Waals surface area contributed by atoms with E-state index in [1.54, 1.807) is 31.3 Å². The first-order valence-corrected chi connectivity index (χ1v) is 11.3. The highest BCUT2D eigenvalue weighted by atomic mass is 32.2. The molecule has 11 heteroatoms. The molecule has 2 heterocycles. The number of likely N-dealkylation sites (N-methyl/N-ethyl adjacent to an activating group) is 1. The molecule has 0 bridgehead atoms. The number of carbonyl (C=O) groups is 2. The summed E-state index contributed by atoms with van der Waals surface area (Å²) in [6.45, 7) is 0.293. The Morgan fingerprint density at radius 2 is 1.85 bits per heavy atom. The zero-order valence-electron chi connectivity index (χ0n) is 17.3. The topological polar surface area (TPSA) is 67.9 Å². The summed E-state index contributed by atoms with van der Waals surface area (Å²) in [5, 5.41) is 1.93. The van der Waals surface area contributed by atoms with E-state index in [1.165, 1.54) is 17.0 Å². The summed E-state index contributed by atoms with van der Waals surface area (Å²) < 4.78 is 52.0. The van der Waals surface area contributed by atoms with Gasteiger partial charge < -0.3 is 19.7 Å². The van der Waals surface area contributed by atoms with Crippen LogP contribution in [0.4, 0.5) is 18.0 Å². The minimum atomic E-state index is -4.63. The van der Waals surface area contributed by atoms with E-state index in [0.717, 1.165) is 23.4 Å². The first-order valence-electron chi connectivity index (χ1n) is 9.98. The number of benzene rings is 2. The zero-order valence-corrected chi connectivity index (χ0v) is 19.0. The fourth-order valence-electron chi connectivity index (χ4n) is 3.58. The van der Waals surface area contributed by atoms with E-state index in [-0.39, 0.29) is 36.0 Å². The van der Waals surface area contributed by atoms with Crippen LogP contribution in [0.1, 0.15) is 16.7 Å². The molecule has 6 nitrogen and oxygen atoms in total. The first kappa shape index (κ1) is 23.4. The quantitative estimate of drug-likeness (QED) is 0.592. The molecule has 0 spiro atoms. The number of carbonyl (C=O) groups excluding carboxylic acids is 2. The summed E-state index contributed by atoms with van der Waals surface area (Å²) in [6, 6.07) is 10.3. The monoisotopic (exact) mass is 496 g/mol. The fraction of sp³-hybridized carbons (Fsp3) is 0.318. The molecule has 2 fully saturated rings. The third-order valence-corrected chi connectivity index (χ3v) is 6.77. The number of alkyl halides is 3. The van der Waals surface area contributed by atoms with E-state index in [9.17, 15) is 22.8 Å². The number of halogens is 3. The maximum Gasteiger partial charge on any atom is 0.419 e. The van der Waals surface area contributed by atoms with Crippen LogP contribution in [0.25, 0.3) is 0 Å². The third kappa shape index (κ3) is 5.41. The number of hydrogen-bond acceptors (Lipinski definition) is 6. The Morgan fingerprint density at radius 1 is 1.15 bits per heavy atom.